The zero-order valence-electron chi connectivity index (χ0n) is 17.1. The van der Waals surface area contributed by atoms with Crippen molar-refractivity contribution in [3.05, 3.63) is 47.0 Å². The number of ether oxygens (including phenoxy) is 1. The van der Waals surface area contributed by atoms with E-state index in [-0.39, 0.29) is 23.5 Å². The molecule has 1 aromatic carbocycles. The van der Waals surface area contributed by atoms with E-state index in [1.807, 2.05) is 35.8 Å². The van der Waals surface area contributed by atoms with Gasteiger partial charge in [-0.25, -0.2) is 14.1 Å². The van der Waals surface area contributed by atoms with Crippen LogP contribution in [0.25, 0.3) is 11.0 Å². The zero-order chi connectivity index (χ0) is 21.4. The third-order valence-corrected chi connectivity index (χ3v) is 5.78. The average Bonchev–Trinajstić information content (AvgIpc) is 3.03. The predicted molar refractivity (Wildman–Crippen MR) is 114 cm³/mol. The van der Waals surface area contributed by atoms with Gasteiger partial charge in [0.1, 0.15) is 18.1 Å². The van der Waals surface area contributed by atoms with Gasteiger partial charge in [-0.1, -0.05) is 11.6 Å². The summed E-state index contributed by atoms with van der Waals surface area (Å²) in [6, 6.07) is 6.57. The molecular weight excluding hydrogens is 409 g/mol. The van der Waals surface area contributed by atoms with Gasteiger partial charge in [-0.15, -0.1) is 0 Å². The number of halogens is 2. The van der Waals surface area contributed by atoms with Crippen molar-refractivity contribution >= 4 is 34.2 Å². The Bertz CT molecular complexity index is 1100. The Morgan fingerprint density at radius 1 is 1.37 bits per heavy atom. The molecule has 0 saturated carbocycles. The molecule has 9 heteroatoms. The summed E-state index contributed by atoms with van der Waals surface area (Å²) >= 11 is 6.00. The predicted octanol–water partition coefficient (Wildman–Crippen LogP) is 3.28. The average molecular weight is 432 g/mol. The first kappa shape index (κ1) is 20.4. The fourth-order valence-corrected chi connectivity index (χ4v) is 4.19. The molecule has 0 aliphatic carbocycles. The maximum Gasteiger partial charge on any atom is 0.244 e. The van der Waals surface area contributed by atoms with E-state index in [2.05, 4.69) is 10.1 Å². The van der Waals surface area contributed by atoms with Gasteiger partial charge >= 0.3 is 0 Å². The number of aryl methyl sites for hydroxylation is 1. The minimum Gasteiger partial charge on any atom is -0.495 e. The molecule has 3 heterocycles. The number of benzene rings is 1. The van der Waals surface area contributed by atoms with Gasteiger partial charge in [0.2, 0.25) is 5.91 Å². The zero-order valence-corrected chi connectivity index (χ0v) is 17.9. The number of amides is 1. The number of piperazine rings is 1. The molecule has 1 amide bonds. The first-order valence-electron chi connectivity index (χ1n) is 9.74. The highest BCUT2D eigenvalue weighted by molar-refractivity contribution is 6.32. The molecule has 4 rings (SSSR count). The SMILES string of the molecule is COc1cc(N2CCN(C(=O)Cn3nc(C)c4cccnc43)C(C)C2)c(F)cc1Cl. The lowest BCUT2D eigenvalue weighted by atomic mass is 10.1. The number of hydrogen-bond acceptors (Lipinski definition) is 5. The molecule has 0 spiro atoms. The number of carbonyl (C=O) groups excluding carboxylic acids is 1. The molecule has 0 N–H and O–H groups in total. The molecule has 2 aromatic heterocycles. The fourth-order valence-electron chi connectivity index (χ4n) is 3.96. The molecule has 1 aliphatic rings. The molecule has 3 aromatic rings. The number of aromatic nitrogens is 3. The number of pyridine rings is 1. The minimum atomic E-state index is -0.405. The summed E-state index contributed by atoms with van der Waals surface area (Å²) in [6.45, 7) is 5.48. The third-order valence-electron chi connectivity index (χ3n) is 5.49. The highest BCUT2D eigenvalue weighted by Crippen LogP contribution is 2.33. The second-order valence-electron chi connectivity index (χ2n) is 7.44. The first-order chi connectivity index (χ1) is 14.4. The largest absolute Gasteiger partial charge is 0.495 e. The number of anilines is 1. The molecule has 1 aliphatic heterocycles. The second-order valence-corrected chi connectivity index (χ2v) is 7.85. The van der Waals surface area contributed by atoms with Gasteiger partial charge in [-0.3, -0.25) is 4.79 Å². The van der Waals surface area contributed by atoms with Crippen LogP contribution in [0.4, 0.5) is 10.1 Å². The Labute approximate surface area is 179 Å². The Morgan fingerprint density at radius 3 is 2.90 bits per heavy atom. The lowest BCUT2D eigenvalue weighted by molar-refractivity contribution is -0.134. The summed E-state index contributed by atoms with van der Waals surface area (Å²) in [7, 11) is 1.50. The highest BCUT2D eigenvalue weighted by atomic mass is 35.5. The van der Waals surface area contributed by atoms with E-state index in [1.165, 1.54) is 13.2 Å². The van der Waals surface area contributed by atoms with Gasteiger partial charge in [0, 0.05) is 43.3 Å². The van der Waals surface area contributed by atoms with E-state index in [9.17, 15) is 9.18 Å². The van der Waals surface area contributed by atoms with Gasteiger partial charge in [-0.05, 0) is 32.0 Å². The smallest absolute Gasteiger partial charge is 0.244 e. The van der Waals surface area contributed by atoms with Crippen LogP contribution in [0.2, 0.25) is 5.02 Å². The Morgan fingerprint density at radius 2 is 2.17 bits per heavy atom. The van der Waals surface area contributed by atoms with Gasteiger partial charge in [-0.2, -0.15) is 5.10 Å². The van der Waals surface area contributed by atoms with E-state index >= 15 is 0 Å². The van der Waals surface area contributed by atoms with Crippen LogP contribution in [0.5, 0.6) is 5.75 Å². The Kier molecular flexibility index (Phi) is 5.51. The van der Waals surface area contributed by atoms with Crippen LogP contribution in [0, 0.1) is 12.7 Å². The fraction of sp³-hybridized carbons (Fsp3) is 0.381. The van der Waals surface area contributed by atoms with Gasteiger partial charge < -0.3 is 14.5 Å². The monoisotopic (exact) mass is 431 g/mol. The number of carbonyl (C=O) groups is 1. The lowest BCUT2D eigenvalue weighted by Crippen LogP contribution is -2.55. The van der Waals surface area contributed by atoms with Gasteiger partial charge in [0.05, 0.1) is 23.5 Å². The summed E-state index contributed by atoms with van der Waals surface area (Å²) in [6.07, 6.45) is 1.70. The summed E-state index contributed by atoms with van der Waals surface area (Å²) in [5.41, 5.74) is 1.97. The van der Waals surface area contributed by atoms with E-state index in [0.717, 1.165) is 11.1 Å². The number of nitrogens with zero attached hydrogens (tertiary/aromatic N) is 5. The summed E-state index contributed by atoms with van der Waals surface area (Å²) in [5, 5.41) is 5.64. The number of rotatable bonds is 4. The maximum atomic E-state index is 14.5. The van der Waals surface area contributed by atoms with E-state index < -0.39 is 5.82 Å². The molecule has 1 unspecified atom stereocenters. The molecule has 1 fully saturated rings. The van der Waals surface area contributed by atoms with E-state index in [0.29, 0.717) is 36.7 Å². The van der Waals surface area contributed by atoms with E-state index in [1.54, 1.807) is 16.9 Å². The van der Waals surface area contributed by atoms with Gasteiger partial charge in [0.25, 0.3) is 0 Å². The van der Waals surface area contributed by atoms with Crippen molar-refractivity contribution < 1.29 is 13.9 Å². The minimum absolute atomic E-state index is 0.0358. The lowest BCUT2D eigenvalue weighted by Gasteiger charge is -2.41. The summed E-state index contributed by atoms with van der Waals surface area (Å²) in [4.78, 5) is 21.1. The molecule has 0 bridgehead atoms. The molecular formula is C21H23ClFN5O2. The molecule has 1 saturated heterocycles. The van der Waals surface area contributed by atoms with Crippen LogP contribution in [0.1, 0.15) is 12.6 Å². The number of methoxy groups -OCH3 is 1. The quantitative estimate of drug-likeness (QED) is 0.634. The van der Waals surface area contributed by atoms with Crippen LogP contribution in [-0.2, 0) is 11.3 Å². The van der Waals surface area contributed by atoms with Crippen molar-refractivity contribution in [2.45, 2.75) is 26.4 Å². The van der Waals surface area contributed by atoms with Crippen molar-refractivity contribution in [3.8, 4) is 5.75 Å². The Hall–Kier alpha value is -2.87. The number of fused-ring (bicyclic) bond motifs is 1. The highest BCUT2D eigenvalue weighted by Gasteiger charge is 2.29. The molecule has 30 heavy (non-hydrogen) atoms. The van der Waals surface area contributed by atoms with Crippen molar-refractivity contribution in [1.82, 2.24) is 19.7 Å². The van der Waals surface area contributed by atoms with Crippen LogP contribution >= 0.6 is 11.6 Å². The summed E-state index contributed by atoms with van der Waals surface area (Å²) in [5.74, 6) is -0.0173. The van der Waals surface area contributed by atoms with Crippen molar-refractivity contribution in [1.29, 1.82) is 0 Å². The topological polar surface area (TPSA) is 63.5 Å². The van der Waals surface area contributed by atoms with Gasteiger partial charge in [0.15, 0.2) is 5.65 Å². The Balaban J connectivity index is 1.49. The van der Waals surface area contributed by atoms with Crippen LogP contribution < -0.4 is 9.64 Å². The van der Waals surface area contributed by atoms with Crippen molar-refractivity contribution in [3.63, 3.8) is 0 Å². The first-order valence-corrected chi connectivity index (χ1v) is 10.1. The van der Waals surface area contributed by atoms with Crippen LogP contribution in [-0.4, -0.2) is 58.4 Å². The summed E-state index contributed by atoms with van der Waals surface area (Å²) < 4.78 is 21.4. The third kappa shape index (κ3) is 3.67. The van der Waals surface area contributed by atoms with Crippen molar-refractivity contribution in [2.75, 3.05) is 31.6 Å². The van der Waals surface area contributed by atoms with Crippen LogP contribution in [0.3, 0.4) is 0 Å². The maximum absolute atomic E-state index is 14.5. The molecule has 1 atom stereocenters. The second kappa shape index (κ2) is 8.10. The molecule has 0 radical (unpaired) electrons. The van der Waals surface area contributed by atoms with E-state index in [4.69, 9.17) is 16.3 Å². The molecule has 7 nitrogen and oxygen atoms in total. The van der Waals surface area contributed by atoms with Crippen molar-refractivity contribution in [2.24, 2.45) is 0 Å². The number of hydrogen-bond donors (Lipinski definition) is 0. The standard InChI is InChI=1S/C21H23ClFN5O2/c1-13-11-26(18-10-19(30-3)16(22)9-17(18)23)7-8-27(13)20(29)12-28-21-15(14(2)25-28)5-4-6-24-21/h4-6,9-10,13H,7-8,11-12H2,1-3H3. The normalized spacial score (nSPS) is 16.9. The van der Waals surface area contributed by atoms with Crippen LogP contribution in [0.15, 0.2) is 30.5 Å². The molecule has 158 valence electrons.